The largest absolute Gasteiger partial charge is 0.327 e. The van der Waals surface area contributed by atoms with Crippen LogP contribution in [0.1, 0.15) is 16.8 Å². The van der Waals surface area contributed by atoms with Crippen molar-refractivity contribution < 1.29 is 4.79 Å². The highest BCUT2D eigenvalue weighted by Crippen LogP contribution is 2.07. The Morgan fingerprint density at radius 1 is 1.14 bits per heavy atom. The van der Waals surface area contributed by atoms with Crippen LogP contribution in [0.25, 0.3) is 11.2 Å². The number of imidazole rings is 1. The van der Waals surface area contributed by atoms with Crippen LogP contribution in [0.4, 0.5) is 0 Å². The standard InChI is InChI=1S/C14H12N4O3/c19-10(9-4-2-1-3-5-9)6-7-18-8-15-12-11(18)13(20)17-14(21)16-12/h1-5,8H,6-7H2,(H2,16,17,20,21). The van der Waals surface area contributed by atoms with Gasteiger partial charge in [-0.05, 0) is 0 Å². The van der Waals surface area contributed by atoms with E-state index in [1.54, 1.807) is 28.8 Å². The summed E-state index contributed by atoms with van der Waals surface area (Å²) in [5, 5.41) is 0. The van der Waals surface area contributed by atoms with Crippen LogP contribution in [-0.4, -0.2) is 25.3 Å². The van der Waals surface area contributed by atoms with E-state index in [4.69, 9.17) is 0 Å². The monoisotopic (exact) mass is 284 g/mol. The number of ketones is 1. The quantitative estimate of drug-likeness (QED) is 0.688. The second-order valence-corrected chi connectivity index (χ2v) is 4.58. The Kier molecular flexibility index (Phi) is 3.23. The number of aromatic amines is 2. The maximum atomic E-state index is 12.0. The molecular weight excluding hydrogens is 272 g/mol. The zero-order chi connectivity index (χ0) is 14.8. The SMILES string of the molecule is O=C(CCn1cnc2[nH]c(=O)[nH]c(=O)c21)c1ccccc1. The van der Waals surface area contributed by atoms with Crippen LogP contribution in [0.2, 0.25) is 0 Å². The molecule has 0 bridgehead atoms. The van der Waals surface area contributed by atoms with Crippen molar-refractivity contribution in [2.75, 3.05) is 0 Å². The van der Waals surface area contributed by atoms with Gasteiger partial charge in [-0.3, -0.25) is 19.6 Å². The number of carbonyl (C=O) groups is 1. The predicted molar refractivity (Wildman–Crippen MR) is 76.4 cm³/mol. The Hall–Kier alpha value is -2.96. The fraction of sp³-hybridized carbons (Fsp3) is 0.143. The van der Waals surface area contributed by atoms with Crippen LogP contribution in [-0.2, 0) is 6.54 Å². The van der Waals surface area contributed by atoms with Crippen LogP contribution in [0.5, 0.6) is 0 Å². The summed E-state index contributed by atoms with van der Waals surface area (Å²) in [6, 6.07) is 8.94. The number of hydrogen-bond acceptors (Lipinski definition) is 4. The third-order valence-corrected chi connectivity index (χ3v) is 3.19. The summed E-state index contributed by atoms with van der Waals surface area (Å²) in [7, 11) is 0. The van der Waals surface area contributed by atoms with E-state index in [0.717, 1.165) is 0 Å². The number of nitrogens with one attached hydrogen (secondary N) is 2. The molecule has 0 fully saturated rings. The lowest BCUT2D eigenvalue weighted by Gasteiger charge is -2.03. The normalized spacial score (nSPS) is 10.9. The Labute approximate surface area is 118 Å². The third-order valence-electron chi connectivity index (χ3n) is 3.19. The Morgan fingerprint density at radius 3 is 2.67 bits per heavy atom. The van der Waals surface area contributed by atoms with Gasteiger partial charge in [0, 0.05) is 18.5 Å². The minimum Gasteiger partial charge on any atom is -0.324 e. The van der Waals surface area contributed by atoms with Crippen molar-refractivity contribution in [1.82, 2.24) is 19.5 Å². The molecule has 0 amide bonds. The number of fused-ring (bicyclic) bond motifs is 1. The molecule has 2 heterocycles. The molecule has 0 aliphatic rings. The van der Waals surface area contributed by atoms with Gasteiger partial charge in [-0.2, -0.15) is 0 Å². The topological polar surface area (TPSA) is 101 Å². The fourth-order valence-electron chi connectivity index (χ4n) is 2.17. The maximum Gasteiger partial charge on any atom is 0.327 e. The van der Waals surface area contributed by atoms with Crippen LogP contribution in [0.15, 0.2) is 46.2 Å². The first-order valence-electron chi connectivity index (χ1n) is 6.41. The van der Waals surface area contributed by atoms with E-state index >= 15 is 0 Å². The van der Waals surface area contributed by atoms with Gasteiger partial charge in [-0.15, -0.1) is 0 Å². The van der Waals surface area contributed by atoms with Crippen LogP contribution in [0.3, 0.4) is 0 Å². The van der Waals surface area contributed by atoms with Gasteiger partial charge in [-0.1, -0.05) is 30.3 Å². The van der Waals surface area contributed by atoms with Crippen LogP contribution >= 0.6 is 0 Å². The molecule has 0 saturated heterocycles. The molecule has 0 radical (unpaired) electrons. The van der Waals surface area contributed by atoms with Gasteiger partial charge in [0.15, 0.2) is 16.9 Å². The zero-order valence-corrected chi connectivity index (χ0v) is 11.0. The summed E-state index contributed by atoms with van der Waals surface area (Å²) in [6.45, 7) is 0.319. The van der Waals surface area contributed by atoms with Gasteiger partial charge in [0.05, 0.1) is 6.33 Å². The van der Waals surface area contributed by atoms with E-state index in [-0.39, 0.29) is 23.4 Å². The molecule has 7 nitrogen and oxygen atoms in total. The average Bonchev–Trinajstić information content (AvgIpc) is 2.89. The van der Waals surface area contributed by atoms with Gasteiger partial charge < -0.3 is 4.57 Å². The fourth-order valence-corrected chi connectivity index (χ4v) is 2.17. The van der Waals surface area contributed by atoms with Crippen molar-refractivity contribution in [3.05, 3.63) is 63.1 Å². The maximum absolute atomic E-state index is 12.0. The first-order chi connectivity index (χ1) is 10.1. The van der Waals surface area contributed by atoms with E-state index in [9.17, 15) is 14.4 Å². The van der Waals surface area contributed by atoms with Gasteiger partial charge in [0.25, 0.3) is 5.56 Å². The molecule has 0 saturated carbocycles. The van der Waals surface area contributed by atoms with Crippen molar-refractivity contribution in [3.8, 4) is 0 Å². The summed E-state index contributed by atoms with van der Waals surface area (Å²) in [6.07, 6.45) is 1.68. The summed E-state index contributed by atoms with van der Waals surface area (Å²) in [5.41, 5.74) is -0.00729. The molecule has 7 heteroatoms. The highest BCUT2D eigenvalue weighted by Gasteiger charge is 2.10. The summed E-state index contributed by atoms with van der Waals surface area (Å²) >= 11 is 0. The molecule has 2 aromatic heterocycles. The van der Waals surface area contributed by atoms with Gasteiger partial charge in [0.1, 0.15) is 0 Å². The average molecular weight is 284 g/mol. The molecule has 3 rings (SSSR count). The zero-order valence-electron chi connectivity index (χ0n) is 11.0. The van der Waals surface area contributed by atoms with E-state index in [0.29, 0.717) is 12.1 Å². The smallest absolute Gasteiger partial charge is 0.324 e. The predicted octanol–water partition coefficient (Wildman–Crippen LogP) is 0.686. The second kappa shape index (κ2) is 5.20. The summed E-state index contributed by atoms with van der Waals surface area (Å²) in [5.74, 6) is -0.0155. The molecule has 0 aliphatic heterocycles. The molecule has 0 spiro atoms. The van der Waals surface area contributed by atoms with E-state index in [1.165, 1.54) is 6.33 Å². The van der Waals surface area contributed by atoms with Crippen LogP contribution < -0.4 is 11.2 Å². The molecule has 21 heavy (non-hydrogen) atoms. The lowest BCUT2D eigenvalue weighted by molar-refractivity contribution is 0.0977. The minimum absolute atomic E-state index is 0.0155. The highest BCUT2D eigenvalue weighted by atomic mass is 16.2. The molecule has 0 unspecified atom stereocenters. The number of hydrogen-bond donors (Lipinski definition) is 2. The molecule has 106 valence electrons. The minimum atomic E-state index is -0.599. The number of benzene rings is 1. The van der Waals surface area contributed by atoms with E-state index in [1.807, 2.05) is 6.07 Å². The van der Waals surface area contributed by atoms with Crippen molar-refractivity contribution in [3.63, 3.8) is 0 Å². The highest BCUT2D eigenvalue weighted by molar-refractivity contribution is 5.96. The first kappa shape index (κ1) is 13.0. The number of aryl methyl sites for hydroxylation is 1. The number of carbonyl (C=O) groups excluding carboxylic acids is 1. The molecule has 3 aromatic rings. The molecule has 2 N–H and O–H groups in total. The van der Waals surface area contributed by atoms with Gasteiger partial charge in [0.2, 0.25) is 0 Å². The third kappa shape index (κ3) is 2.53. The van der Waals surface area contributed by atoms with E-state index < -0.39 is 11.2 Å². The van der Waals surface area contributed by atoms with Gasteiger partial charge in [-0.25, -0.2) is 9.78 Å². The van der Waals surface area contributed by atoms with Crippen molar-refractivity contribution in [1.29, 1.82) is 0 Å². The number of nitrogens with zero attached hydrogens (tertiary/aromatic N) is 2. The number of H-pyrrole nitrogens is 2. The molecule has 0 aliphatic carbocycles. The van der Waals surface area contributed by atoms with Crippen molar-refractivity contribution >= 4 is 16.9 Å². The molecule has 0 atom stereocenters. The Morgan fingerprint density at radius 2 is 1.90 bits per heavy atom. The van der Waals surface area contributed by atoms with Gasteiger partial charge >= 0.3 is 5.69 Å². The number of rotatable bonds is 4. The Bertz CT molecular complexity index is 905. The van der Waals surface area contributed by atoms with E-state index in [2.05, 4.69) is 15.0 Å². The molecule has 1 aromatic carbocycles. The number of aromatic nitrogens is 4. The van der Waals surface area contributed by atoms with Crippen LogP contribution in [0, 0.1) is 0 Å². The lowest BCUT2D eigenvalue weighted by atomic mass is 10.1. The summed E-state index contributed by atoms with van der Waals surface area (Å²) in [4.78, 5) is 43.5. The van der Waals surface area contributed by atoms with Crippen molar-refractivity contribution in [2.24, 2.45) is 0 Å². The second-order valence-electron chi connectivity index (χ2n) is 4.58. The lowest BCUT2D eigenvalue weighted by Crippen LogP contribution is -2.23. The number of Topliss-reactive ketones (excluding diaryl/α,β-unsaturated/α-hetero) is 1. The first-order valence-corrected chi connectivity index (χ1v) is 6.41. The summed E-state index contributed by atoms with van der Waals surface area (Å²) < 4.78 is 1.56. The Balaban J connectivity index is 1.85. The molecular formula is C14H12N4O3. The van der Waals surface area contributed by atoms with Crippen molar-refractivity contribution in [2.45, 2.75) is 13.0 Å².